The van der Waals surface area contributed by atoms with Crippen molar-refractivity contribution < 1.29 is 27.4 Å². The van der Waals surface area contributed by atoms with Crippen LogP contribution in [0.5, 0.6) is 11.5 Å². The van der Waals surface area contributed by atoms with Gasteiger partial charge in [-0.3, -0.25) is 9.59 Å². The lowest BCUT2D eigenvalue weighted by Crippen LogP contribution is -2.28. The van der Waals surface area contributed by atoms with Crippen LogP contribution in [0.3, 0.4) is 0 Å². The van der Waals surface area contributed by atoms with Gasteiger partial charge in [-0.05, 0) is 42.5 Å². The number of carbonyl (C=O) groups is 1. The number of aromatic nitrogens is 2. The highest BCUT2D eigenvalue weighted by atomic mass is 19.4. The first-order valence-electron chi connectivity index (χ1n) is 8.73. The van der Waals surface area contributed by atoms with Gasteiger partial charge in [0.05, 0.1) is 6.54 Å². The molecule has 0 saturated heterocycles. The number of anilines is 1. The quantitative estimate of drug-likeness (QED) is 0.634. The van der Waals surface area contributed by atoms with Crippen molar-refractivity contribution in [3.8, 4) is 11.5 Å². The van der Waals surface area contributed by atoms with E-state index in [1.807, 2.05) is 18.2 Å². The van der Waals surface area contributed by atoms with E-state index < -0.39 is 23.6 Å². The number of benzene rings is 2. The number of amides is 1. The van der Waals surface area contributed by atoms with Crippen molar-refractivity contribution in [1.82, 2.24) is 9.78 Å². The Hall–Kier alpha value is -3.82. The molecule has 3 rings (SSSR count). The normalized spacial score (nSPS) is 11.0. The summed E-state index contributed by atoms with van der Waals surface area (Å²) in [5.41, 5.74) is -0.205. The number of nitrogens with one attached hydrogen (secondary N) is 1. The number of hydrogen-bond donors (Lipinski definition) is 1. The van der Waals surface area contributed by atoms with Crippen molar-refractivity contribution in [3.05, 3.63) is 82.8 Å². The van der Waals surface area contributed by atoms with Crippen LogP contribution in [0.4, 0.5) is 18.9 Å². The van der Waals surface area contributed by atoms with Crippen LogP contribution in [0, 0.1) is 0 Å². The number of para-hydroxylation sites is 1. The average Bonchev–Trinajstić information content (AvgIpc) is 2.70. The second kappa shape index (κ2) is 9.12. The molecule has 1 N–H and O–H groups in total. The van der Waals surface area contributed by atoms with Crippen LogP contribution in [-0.2, 0) is 6.54 Å². The molecule has 0 aliphatic heterocycles. The van der Waals surface area contributed by atoms with Crippen LogP contribution in [0.15, 0.2) is 71.5 Å². The highest BCUT2D eigenvalue weighted by Crippen LogP contribution is 2.24. The smallest absolute Gasteiger partial charge is 0.492 e. The lowest BCUT2D eigenvalue weighted by atomic mass is 10.3. The molecule has 1 heterocycles. The van der Waals surface area contributed by atoms with Crippen LogP contribution in [0.1, 0.15) is 10.5 Å². The Morgan fingerprint density at radius 3 is 2.33 bits per heavy atom. The molecule has 156 valence electrons. The third-order valence-electron chi connectivity index (χ3n) is 3.76. The molecule has 0 radical (unpaired) electrons. The lowest BCUT2D eigenvalue weighted by molar-refractivity contribution is -0.274. The van der Waals surface area contributed by atoms with E-state index in [0.717, 1.165) is 16.8 Å². The lowest BCUT2D eigenvalue weighted by Gasteiger charge is -2.10. The monoisotopic (exact) mass is 419 g/mol. The van der Waals surface area contributed by atoms with Gasteiger partial charge >= 0.3 is 6.36 Å². The zero-order valence-electron chi connectivity index (χ0n) is 15.4. The van der Waals surface area contributed by atoms with E-state index in [1.54, 1.807) is 12.1 Å². The first-order chi connectivity index (χ1) is 14.3. The molecule has 0 aliphatic carbocycles. The number of nitrogens with zero attached hydrogens (tertiary/aromatic N) is 2. The van der Waals surface area contributed by atoms with Gasteiger partial charge in [-0.15, -0.1) is 13.2 Å². The van der Waals surface area contributed by atoms with Gasteiger partial charge in [-0.2, -0.15) is 5.10 Å². The first-order valence-corrected chi connectivity index (χ1v) is 8.73. The fourth-order valence-electron chi connectivity index (χ4n) is 2.43. The van der Waals surface area contributed by atoms with Crippen molar-refractivity contribution in [2.24, 2.45) is 0 Å². The Morgan fingerprint density at radius 2 is 1.67 bits per heavy atom. The topological polar surface area (TPSA) is 82.5 Å². The Kier molecular flexibility index (Phi) is 6.35. The number of halogens is 3. The van der Waals surface area contributed by atoms with Crippen LogP contribution in [-0.4, -0.2) is 28.7 Å². The molecule has 0 spiro atoms. The largest absolute Gasteiger partial charge is 0.573 e. The maximum atomic E-state index is 12.4. The number of rotatable bonds is 7. The Balaban J connectivity index is 1.62. The molecule has 30 heavy (non-hydrogen) atoms. The predicted octanol–water partition coefficient (Wildman–Crippen LogP) is 3.47. The third kappa shape index (κ3) is 6.09. The van der Waals surface area contributed by atoms with Crippen LogP contribution < -0.4 is 20.3 Å². The van der Waals surface area contributed by atoms with Gasteiger partial charge in [0.1, 0.15) is 23.8 Å². The predicted molar refractivity (Wildman–Crippen MR) is 102 cm³/mol. The fraction of sp³-hybridized carbons (Fsp3) is 0.150. The molecule has 2 aromatic carbocycles. The zero-order valence-corrected chi connectivity index (χ0v) is 15.4. The maximum Gasteiger partial charge on any atom is 0.573 e. The minimum Gasteiger partial charge on any atom is -0.492 e. The average molecular weight is 419 g/mol. The molecule has 1 amide bonds. The second-order valence-corrected chi connectivity index (χ2v) is 5.97. The summed E-state index contributed by atoms with van der Waals surface area (Å²) in [5.74, 6) is -0.403. The standard InChI is InChI=1S/C20H16F3N3O4/c21-20(22,23)30-16-8-6-14(7-9-16)24-19(28)17-10-11-18(27)26(25-17)12-13-29-15-4-2-1-3-5-15/h1-11H,12-13H2,(H,24,28). The summed E-state index contributed by atoms with van der Waals surface area (Å²) in [4.78, 5) is 24.3. The van der Waals surface area contributed by atoms with Crippen molar-refractivity contribution in [2.75, 3.05) is 11.9 Å². The molecular formula is C20H16F3N3O4. The molecule has 0 bridgehead atoms. The summed E-state index contributed by atoms with van der Waals surface area (Å²) < 4.78 is 47.0. The number of ether oxygens (including phenoxy) is 2. The molecule has 0 unspecified atom stereocenters. The number of alkyl halides is 3. The zero-order chi connectivity index (χ0) is 21.6. The van der Waals surface area contributed by atoms with Gasteiger partial charge < -0.3 is 14.8 Å². The molecule has 0 atom stereocenters. The van der Waals surface area contributed by atoms with Crippen molar-refractivity contribution in [1.29, 1.82) is 0 Å². The molecule has 0 fully saturated rings. The summed E-state index contributed by atoms with van der Waals surface area (Å²) >= 11 is 0. The van der Waals surface area contributed by atoms with E-state index in [1.165, 1.54) is 24.3 Å². The minimum atomic E-state index is -4.80. The van der Waals surface area contributed by atoms with Crippen molar-refractivity contribution in [2.45, 2.75) is 12.9 Å². The Bertz CT molecular complexity index is 1050. The molecule has 7 nitrogen and oxygen atoms in total. The minimum absolute atomic E-state index is 0.0371. The van der Waals surface area contributed by atoms with Gasteiger partial charge in [0.15, 0.2) is 0 Å². The molecule has 3 aromatic rings. The van der Waals surface area contributed by atoms with Gasteiger partial charge in [-0.1, -0.05) is 18.2 Å². The van der Waals surface area contributed by atoms with Gasteiger partial charge in [-0.25, -0.2) is 4.68 Å². The van der Waals surface area contributed by atoms with Crippen LogP contribution >= 0.6 is 0 Å². The van der Waals surface area contributed by atoms with E-state index in [2.05, 4.69) is 15.2 Å². The third-order valence-corrected chi connectivity index (χ3v) is 3.76. The summed E-state index contributed by atoms with van der Waals surface area (Å²) in [6, 6.07) is 16.1. The summed E-state index contributed by atoms with van der Waals surface area (Å²) in [7, 11) is 0. The summed E-state index contributed by atoms with van der Waals surface area (Å²) in [6.07, 6.45) is -4.80. The van der Waals surface area contributed by atoms with Crippen LogP contribution in [0.2, 0.25) is 0 Å². The highest BCUT2D eigenvalue weighted by Gasteiger charge is 2.30. The molecule has 0 saturated carbocycles. The summed E-state index contributed by atoms with van der Waals surface area (Å²) in [6.45, 7) is 0.293. The van der Waals surface area contributed by atoms with Crippen molar-refractivity contribution >= 4 is 11.6 Å². The van der Waals surface area contributed by atoms with Gasteiger partial charge in [0, 0.05) is 11.8 Å². The van der Waals surface area contributed by atoms with E-state index in [4.69, 9.17) is 4.74 Å². The SMILES string of the molecule is O=C(Nc1ccc(OC(F)(F)F)cc1)c1ccc(=O)n(CCOc2ccccc2)n1. The maximum absolute atomic E-state index is 12.4. The first kappa shape index (κ1) is 20.9. The van der Waals surface area contributed by atoms with Gasteiger partial charge in [0.25, 0.3) is 11.5 Å². The van der Waals surface area contributed by atoms with Crippen LogP contribution in [0.25, 0.3) is 0 Å². The van der Waals surface area contributed by atoms with E-state index in [9.17, 15) is 22.8 Å². The molecule has 1 aromatic heterocycles. The number of hydrogen-bond acceptors (Lipinski definition) is 5. The number of carbonyl (C=O) groups excluding carboxylic acids is 1. The van der Waals surface area contributed by atoms with Gasteiger partial charge in [0.2, 0.25) is 0 Å². The summed E-state index contributed by atoms with van der Waals surface area (Å²) in [5, 5.41) is 6.50. The second-order valence-electron chi connectivity index (χ2n) is 5.97. The molecular weight excluding hydrogens is 403 g/mol. The highest BCUT2D eigenvalue weighted by molar-refractivity contribution is 6.02. The Labute approximate surface area is 168 Å². The Morgan fingerprint density at radius 1 is 0.967 bits per heavy atom. The van der Waals surface area contributed by atoms with Crippen molar-refractivity contribution in [3.63, 3.8) is 0 Å². The van der Waals surface area contributed by atoms with E-state index >= 15 is 0 Å². The van der Waals surface area contributed by atoms with E-state index in [-0.39, 0.29) is 24.5 Å². The molecule has 0 aliphatic rings. The molecule has 10 heteroatoms. The van der Waals surface area contributed by atoms with E-state index in [0.29, 0.717) is 5.75 Å². The fourth-order valence-corrected chi connectivity index (χ4v) is 2.43.